The van der Waals surface area contributed by atoms with E-state index >= 15 is 0 Å². The Balaban J connectivity index is 2.20. The second kappa shape index (κ2) is 5.15. The molecule has 0 unspecified atom stereocenters. The molecular formula is C12H10FN3O2S. The van der Waals surface area contributed by atoms with E-state index in [0.717, 1.165) is 17.4 Å². The van der Waals surface area contributed by atoms with Gasteiger partial charge in [0.1, 0.15) is 11.5 Å². The van der Waals surface area contributed by atoms with E-state index in [1.54, 1.807) is 0 Å². The standard InChI is InChI=1S/C12H10FN3O2S/c1-6(17)10-5-19-12(15-10)16-11(18)8-4-7(13)2-3-9(8)14/h2-5H,14H2,1H3,(H,15,16,18). The quantitative estimate of drug-likeness (QED) is 0.667. The number of Topliss-reactive ketones (excluding diaryl/α,β-unsaturated/α-hetero) is 1. The summed E-state index contributed by atoms with van der Waals surface area (Å²) in [7, 11) is 0. The molecule has 2 aromatic rings. The lowest BCUT2D eigenvalue weighted by atomic mass is 10.1. The number of rotatable bonds is 3. The average molecular weight is 279 g/mol. The highest BCUT2D eigenvalue weighted by atomic mass is 32.1. The first-order chi connectivity index (χ1) is 8.97. The van der Waals surface area contributed by atoms with Gasteiger partial charge >= 0.3 is 0 Å². The molecule has 0 atom stereocenters. The molecule has 0 aliphatic rings. The molecule has 1 aromatic heterocycles. The van der Waals surface area contributed by atoms with Crippen molar-refractivity contribution in [3.8, 4) is 0 Å². The fourth-order valence-electron chi connectivity index (χ4n) is 1.38. The van der Waals surface area contributed by atoms with Crippen LogP contribution in [0.5, 0.6) is 0 Å². The van der Waals surface area contributed by atoms with Crippen LogP contribution in [-0.4, -0.2) is 16.7 Å². The Bertz CT molecular complexity index is 654. The number of hydrogen-bond donors (Lipinski definition) is 2. The lowest BCUT2D eigenvalue weighted by molar-refractivity contribution is 0.100. The van der Waals surface area contributed by atoms with Crippen LogP contribution < -0.4 is 11.1 Å². The maximum Gasteiger partial charge on any atom is 0.259 e. The number of nitrogens with zero attached hydrogens (tertiary/aromatic N) is 1. The second-order valence-corrected chi connectivity index (χ2v) is 4.64. The van der Waals surface area contributed by atoms with E-state index in [1.165, 1.54) is 24.4 Å². The summed E-state index contributed by atoms with van der Waals surface area (Å²) < 4.78 is 13.1. The molecule has 3 N–H and O–H groups in total. The molecule has 2 rings (SSSR count). The van der Waals surface area contributed by atoms with E-state index in [-0.39, 0.29) is 27.9 Å². The van der Waals surface area contributed by atoms with Gasteiger partial charge in [-0.15, -0.1) is 11.3 Å². The van der Waals surface area contributed by atoms with Gasteiger partial charge in [-0.2, -0.15) is 0 Å². The summed E-state index contributed by atoms with van der Waals surface area (Å²) >= 11 is 1.11. The molecule has 0 aliphatic carbocycles. The minimum atomic E-state index is -0.568. The third-order valence-corrected chi connectivity index (χ3v) is 3.10. The molecule has 1 amide bonds. The highest BCUT2D eigenvalue weighted by molar-refractivity contribution is 7.14. The van der Waals surface area contributed by atoms with Crippen LogP contribution >= 0.6 is 11.3 Å². The van der Waals surface area contributed by atoms with Crippen molar-refractivity contribution >= 4 is 33.8 Å². The molecular weight excluding hydrogens is 269 g/mol. The Hall–Kier alpha value is -2.28. The van der Waals surface area contributed by atoms with Crippen LogP contribution in [0.2, 0.25) is 0 Å². The number of halogens is 1. The number of thiazole rings is 1. The monoisotopic (exact) mass is 279 g/mol. The number of carbonyl (C=O) groups excluding carboxylic acids is 2. The predicted molar refractivity (Wildman–Crippen MR) is 70.9 cm³/mol. The number of aromatic nitrogens is 1. The smallest absolute Gasteiger partial charge is 0.259 e. The Morgan fingerprint density at radius 3 is 2.79 bits per heavy atom. The summed E-state index contributed by atoms with van der Waals surface area (Å²) in [5.41, 5.74) is 6.07. The topological polar surface area (TPSA) is 85.1 Å². The summed E-state index contributed by atoms with van der Waals surface area (Å²) in [6, 6.07) is 3.53. The van der Waals surface area contributed by atoms with Gasteiger partial charge < -0.3 is 5.73 Å². The first-order valence-corrected chi connectivity index (χ1v) is 6.18. The van der Waals surface area contributed by atoms with Crippen LogP contribution in [0.15, 0.2) is 23.6 Å². The van der Waals surface area contributed by atoms with Gasteiger partial charge in [-0.3, -0.25) is 14.9 Å². The van der Waals surface area contributed by atoms with Gasteiger partial charge in [-0.05, 0) is 18.2 Å². The maximum absolute atomic E-state index is 13.1. The third kappa shape index (κ3) is 2.94. The lowest BCUT2D eigenvalue weighted by Gasteiger charge is -2.05. The minimum Gasteiger partial charge on any atom is -0.398 e. The fourth-order valence-corrected chi connectivity index (χ4v) is 2.13. The number of nitrogens with two attached hydrogens (primary N) is 1. The molecule has 0 radical (unpaired) electrons. The van der Waals surface area contributed by atoms with Gasteiger partial charge in [0, 0.05) is 18.0 Å². The first-order valence-electron chi connectivity index (χ1n) is 5.30. The van der Waals surface area contributed by atoms with Crippen molar-refractivity contribution in [1.82, 2.24) is 4.98 Å². The predicted octanol–water partition coefficient (Wildman–Crippen LogP) is 2.32. The Labute approximate surface area is 112 Å². The molecule has 0 fully saturated rings. The SMILES string of the molecule is CC(=O)c1csc(NC(=O)c2cc(F)ccc2N)n1. The van der Waals surface area contributed by atoms with Crippen molar-refractivity contribution < 1.29 is 14.0 Å². The summed E-state index contributed by atoms with van der Waals surface area (Å²) in [5, 5.41) is 4.27. The molecule has 5 nitrogen and oxygen atoms in total. The van der Waals surface area contributed by atoms with Crippen molar-refractivity contribution in [2.24, 2.45) is 0 Å². The number of amides is 1. The molecule has 98 valence electrons. The van der Waals surface area contributed by atoms with E-state index < -0.39 is 11.7 Å². The molecule has 19 heavy (non-hydrogen) atoms. The van der Waals surface area contributed by atoms with Crippen LogP contribution in [0.4, 0.5) is 15.2 Å². The molecule has 7 heteroatoms. The van der Waals surface area contributed by atoms with Crippen LogP contribution in [0.25, 0.3) is 0 Å². The maximum atomic E-state index is 13.1. The zero-order chi connectivity index (χ0) is 14.0. The normalized spacial score (nSPS) is 10.2. The van der Waals surface area contributed by atoms with E-state index in [4.69, 9.17) is 5.73 Å². The van der Waals surface area contributed by atoms with Crippen molar-refractivity contribution in [3.63, 3.8) is 0 Å². The van der Waals surface area contributed by atoms with Crippen LogP contribution in [-0.2, 0) is 0 Å². The summed E-state index contributed by atoms with van der Waals surface area (Å²) in [6.45, 7) is 1.38. The third-order valence-electron chi connectivity index (χ3n) is 2.35. The molecule has 0 saturated carbocycles. The molecule has 1 heterocycles. The van der Waals surface area contributed by atoms with Crippen molar-refractivity contribution in [3.05, 3.63) is 40.7 Å². The van der Waals surface area contributed by atoms with Crippen LogP contribution in [0.3, 0.4) is 0 Å². The zero-order valence-corrected chi connectivity index (χ0v) is 10.8. The number of benzene rings is 1. The summed E-state index contributed by atoms with van der Waals surface area (Å²) in [5.74, 6) is -1.31. The number of nitrogens with one attached hydrogen (secondary N) is 1. The Kier molecular flexibility index (Phi) is 3.57. The molecule has 0 aliphatic heterocycles. The highest BCUT2D eigenvalue weighted by Crippen LogP contribution is 2.19. The first kappa shape index (κ1) is 13.2. The number of nitrogen functional groups attached to an aromatic ring is 1. The summed E-state index contributed by atoms with van der Waals surface area (Å²) in [6.07, 6.45) is 0. The van der Waals surface area contributed by atoms with Gasteiger partial charge in [0.15, 0.2) is 10.9 Å². The number of anilines is 2. The zero-order valence-electron chi connectivity index (χ0n) is 9.94. The minimum absolute atomic E-state index is 0.0274. The average Bonchev–Trinajstić information content (AvgIpc) is 2.80. The van der Waals surface area contributed by atoms with Gasteiger partial charge in [0.25, 0.3) is 5.91 Å². The van der Waals surface area contributed by atoms with E-state index in [1.807, 2.05) is 0 Å². The van der Waals surface area contributed by atoms with Gasteiger partial charge in [-0.25, -0.2) is 9.37 Å². The lowest BCUT2D eigenvalue weighted by Crippen LogP contribution is -2.14. The number of hydrogen-bond acceptors (Lipinski definition) is 5. The second-order valence-electron chi connectivity index (χ2n) is 3.78. The molecule has 0 saturated heterocycles. The fraction of sp³-hybridized carbons (Fsp3) is 0.0833. The van der Waals surface area contributed by atoms with E-state index in [2.05, 4.69) is 10.3 Å². The van der Waals surface area contributed by atoms with Crippen LogP contribution in [0.1, 0.15) is 27.8 Å². The summed E-state index contributed by atoms with van der Waals surface area (Å²) in [4.78, 5) is 26.9. The van der Waals surface area contributed by atoms with Gasteiger partial charge in [-0.1, -0.05) is 0 Å². The van der Waals surface area contributed by atoms with Crippen molar-refractivity contribution in [2.45, 2.75) is 6.92 Å². The number of ketones is 1. The van der Waals surface area contributed by atoms with Gasteiger partial charge in [0.05, 0.1) is 5.56 Å². The van der Waals surface area contributed by atoms with Crippen molar-refractivity contribution in [2.75, 3.05) is 11.1 Å². The molecule has 1 aromatic carbocycles. The van der Waals surface area contributed by atoms with E-state index in [0.29, 0.717) is 0 Å². The molecule has 0 bridgehead atoms. The number of carbonyl (C=O) groups is 2. The van der Waals surface area contributed by atoms with Crippen LogP contribution in [0, 0.1) is 5.82 Å². The van der Waals surface area contributed by atoms with E-state index in [9.17, 15) is 14.0 Å². The van der Waals surface area contributed by atoms with Crippen molar-refractivity contribution in [1.29, 1.82) is 0 Å². The molecule has 0 spiro atoms. The highest BCUT2D eigenvalue weighted by Gasteiger charge is 2.13. The Morgan fingerprint density at radius 1 is 1.42 bits per heavy atom. The van der Waals surface area contributed by atoms with Gasteiger partial charge in [0.2, 0.25) is 0 Å². The Morgan fingerprint density at radius 2 is 2.16 bits per heavy atom. The largest absolute Gasteiger partial charge is 0.398 e.